The van der Waals surface area contributed by atoms with E-state index < -0.39 is 0 Å². The van der Waals surface area contributed by atoms with E-state index in [-0.39, 0.29) is 17.9 Å². The highest BCUT2D eigenvalue weighted by Crippen LogP contribution is 2.26. The minimum Gasteiger partial charge on any atom is -0.349 e. The molecule has 5 heterocycles. The van der Waals surface area contributed by atoms with E-state index in [4.69, 9.17) is 9.97 Å². The summed E-state index contributed by atoms with van der Waals surface area (Å²) in [6, 6.07) is 3.81. The standard InChI is InChI=1S/C23H27N5O2S/c1-15-13-18(20-21(24-15)28-9-4-2-3-5-19(28)26-20)23(30)27-10-6-17(7-11-27)25-22(29)16-8-12-31-14-16/h8,12-14,17H,2-7,9-11H2,1H3,(H,25,29). The molecule has 1 saturated heterocycles. The summed E-state index contributed by atoms with van der Waals surface area (Å²) in [6.45, 7) is 4.12. The number of aryl methyl sites for hydroxylation is 3. The van der Waals surface area contributed by atoms with Crippen LogP contribution in [0.1, 0.15) is 64.3 Å². The van der Waals surface area contributed by atoms with Crippen LogP contribution in [0.15, 0.2) is 22.9 Å². The number of thiophene rings is 1. The Bertz CT molecular complexity index is 1110. The van der Waals surface area contributed by atoms with Crippen molar-refractivity contribution in [1.29, 1.82) is 0 Å². The Labute approximate surface area is 185 Å². The van der Waals surface area contributed by atoms with Crippen molar-refractivity contribution in [2.24, 2.45) is 0 Å². The van der Waals surface area contributed by atoms with Crippen LogP contribution in [0.3, 0.4) is 0 Å². The Balaban J connectivity index is 1.32. The molecular formula is C23H27N5O2S. The van der Waals surface area contributed by atoms with Gasteiger partial charge >= 0.3 is 0 Å². The number of nitrogens with one attached hydrogen (secondary N) is 1. The highest BCUT2D eigenvalue weighted by atomic mass is 32.1. The number of imidazole rings is 1. The smallest absolute Gasteiger partial charge is 0.256 e. The lowest BCUT2D eigenvalue weighted by Crippen LogP contribution is -2.46. The monoisotopic (exact) mass is 437 g/mol. The van der Waals surface area contributed by atoms with Crippen molar-refractivity contribution in [2.45, 2.75) is 58.0 Å². The molecular weight excluding hydrogens is 410 g/mol. The Hall–Kier alpha value is -2.74. The van der Waals surface area contributed by atoms with E-state index in [1.165, 1.54) is 17.8 Å². The van der Waals surface area contributed by atoms with Crippen LogP contribution in [0.5, 0.6) is 0 Å². The van der Waals surface area contributed by atoms with E-state index in [1.807, 2.05) is 34.7 Å². The summed E-state index contributed by atoms with van der Waals surface area (Å²) in [7, 11) is 0. The first-order chi connectivity index (χ1) is 15.1. The SMILES string of the molecule is Cc1cc(C(=O)N2CCC(NC(=O)c3ccsc3)CC2)c2nc3n(c2n1)CCCCC3. The number of piperidine rings is 1. The van der Waals surface area contributed by atoms with Crippen LogP contribution < -0.4 is 5.32 Å². The van der Waals surface area contributed by atoms with Gasteiger partial charge < -0.3 is 14.8 Å². The number of aromatic nitrogens is 3. The van der Waals surface area contributed by atoms with Gasteiger partial charge in [-0.2, -0.15) is 11.3 Å². The van der Waals surface area contributed by atoms with Crippen molar-refractivity contribution < 1.29 is 9.59 Å². The molecule has 31 heavy (non-hydrogen) atoms. The first-order valence-electron chi connectivity index (χ1n) is 11.1. The second kappa shape index (κ2) is 8.42. The number of hydrogen-bond donors (Lipinski definition) is 1. The second-order valence-electron chi connectivity index (χ2n) is 8.53. The molecule has 0 aliphatic carbocycles. The summed E-state index contributed by atoms with van der Waals surface area (Å²) in [6.07, 6.45) is 5.93. The van der Waals surface area contributed by atoms with E-state index in [0.717, 1.165) is 61.3 Å². The van der Waals surface area contributed by atoms with Gasteiger partial charge in [-0.3, -0.25) is 9.59 Å². The molecule has 5 rings (SSSR count). The average Bonchev–Trinajstić information content (AvgIpc) is 3.36. The van der Waals surface area contributed by atoms with E-state index in [0.29, 0.717) is 24.2 Å². The van der Waals surface area contributed by atoms with Crippen LogP contribution in [0.2, 0.25) is 0 Å². The molecule has 8 heteroatoms. The minimum absolute atomic E-state index is 0.0198. The van der Waals surface area contributed by atoms with Crippen molar-refractivity contribution >= 4 is 34.3 Å². The molecule has 162 valence electrons. The van der Waals surface area contributed by atoms with Crippen molar-refractivity contribution in [3.8, 4) is 0 Å². The quantitative estimate of drug-likeness (QED) is 0.679. The largest absolute Gasteiger partial charge is 0.349 e. The van der Waals surface area contributed by atoms with Crippen molar-refractivity contribution in [1.82, 2.24) is 24.8 Å². The van der Waals surface area contributed by atoms with Crippen LogP contribution in [0.25, 0.3) is 11.2 Å². The molecule has 2 amide bonds. The molecule has 1 N–H and O–H groups in total. The van der Waals surface area contributed by atoms with Gasteiger partial charge in [0.2, 0.25) is 0 Å². The highest BCUT2D eigenvalue weighted by molar-refractivity contribution is 7.08. The molecule has 3 aromatic rings. The summed E-state index contributed by atoms with van der Waals surface area (Å²) in [5.41, 5.74) is 3.79. The van der Waals surface area contributed by atoms with Gasteiger partial charge in [-0.1, -0.05) is 6.42 Å². The van der Waals surface area contributed by atoms with Crippen molar-refractivity contribution in [3.05, 3.63) is 45.5 Å². The van der Waals surface area contributed by atoms with Crippen molar-refractivity contribution in [2.75, 3.05) is 13.1 Å². The van der Waals surface area contributed by atoms with Gasteiger partial charge in [0.05, 0.1) is 5.56 Å². The maximum Gasteiger partial charge on any atom is 0.256 e. The zero-order valence-electron chi connectivity index (χ0n) is 17.8. The number of hydrogen-bond acceptors (Lipinski definition) is 5. The van der Waals surface area contributed by atoms with Gasteiger partial charge in [0.15, 0.2) is 5.65 Å². The number of carbonyl (C=O) groups is 2. The first kappa shape index (κ1) is 20.2. The Kier molecular flexibility index (Phi) is 5.48. The average molecular weight is 438 g/mol. The molecule has 7 nitrogen and oxygen atoms in total. The second-order valence-corrected chi connectivity index (χ2v) is 9.31. The first-order valence-corrected chi connectivity index (χ1v) is 12.0. The summed E-state index contributed by atoms with van der Waals surface area (Å²) in [4.78, 5) is 37.2. The molecule has 2 aliphatic rings. The summed E-state index contributed by atoms with van der Waals surface area (Å²) in [5.74, 6) is 1.04. The maximum atomic E-state index is 13.4. The molecule has 0 radical (unpaired) electrons. The van der Waals surface area contributed by atoms with Crippen LogP contribution in [0, 0.1) is 6.92 Å². The Morgan fingerprint density at radius 2 is 1.97 bits per heavy atom. The lowest BCUT2D eigenvalue weighted by Gasteiger charge is -2.32. The Morgan fingerprint density at radius 1 is 1.13 bits per heavy atom. The van der Waals surface area contributed by atoms with Gasteiger partial charge in [0.1, 0.15) is 11.3 Å². The van der Waals surface area contributed by atoms with Gasteiger partial charge in [-0.25, -0.2) is 9.97 Å². The molecule has 3 aromatic heterocycles. The van der Waals surface area contributed by atoms with Crippen molar-refractivity contribution in [3.63, 3.8) is 0 Å². The molecule has 0 bridgehead atoms. The third kappa shape index (κ3) is 3.96. The van der Waals surface area contributed by atoms with Gasteiger partial charge in [0.25, 0.3) is 11.8 Å². The maximum absolute atomic E-state index is 13.4. The lowest BCUT2D eigenvalue weighted by atomic mass is 10.0. The van der Waals surface area contributed by atoms with Gasteiger partial charge in [-0.05, 0) is 50.1 Å². The lowest BCUT2D eigenvalue weighted by molar-refractivity contribution is 0.0699. The number of fused-ring (bicyclic) bond motifs is 3. The minimum atomic E-state index is -0.0306. The van der Waals surface area contributed by atoms with Crippen LogP contribution in [0.4, 0.5) is 0 Å². The predicted octanol–water partition coefficient (Wildman–Crippen LogP) is 3.56. The van der Waals surface area contributed by atoms with Gasteiger partial charge in [0, 0.05) is 48.7 Å². The van der Waals surface area contributed by atoms with Crippen LogP contribution in [-0.2, 0) is 13.0 Å². The number of likely N-dealkylation sites (tertiary alicyclic amines) is 1. The molecule has 1 fully saturated rings. The fourth-order valence-corrected chi connectivity index (χ4v) is 5.27. The van der Waals surface area contributed by atoms with Gasteiger partial charge in [-0.15, -0.1) is 0 Å². The molecule has 0 atom stereocenters. The normalized spacial score (nSPS) is 17.4. The number of rotatable bonds is 3. The number of nitrogens with zero attached hydrogens (tertiary/aromatic N) is 4. The predicted molar refractivity (Wildman–Crippen MR) is 121 cm³/mol. The molecule has 0 unspecified atom stereocenters. The fraction of sp³-hybridized carbons (Fsp3) is 0.478. The zero-order valence-corrected chi connectivity index (χ0v) is 18.6. The number of pyridine rings is 1. The van der Waals surface area contributed by atoms with Crippen LogP contribution in [-0.4, -0.2) is 50.4 Å². The topological polar surface area (TPSA) is 80.1 Å². The highest BCUT2D eigenvalue weighted by Gasteiger charge is 2.28. The third-order valence-electron chi connectivity index (χ3n) is 6.32. The fourth-order valence-electron chi connectivity index (χ4n) is 4.64. The van der Waals surface area contributed by atoms with E-state index >= 15 is 0 Å². The Morgan fingerprint density at radius 3 is 2.74 bits per heavy atom. The molecule has 2 aliphatic heterocycles. The van der Waals surface area contributed by atoms with E-state index in [1.54, 1.807) is 0 Å². The van der Waals surface area contributed by atoms with Crippen LogP contribution >= 0.6 is 11.3 Å². The van der Waals surface area contributed by atoms with E-state index in [9.17, 15) is 9.59 Å². The molecule has 0 aromatic carbocycles. The molecule has 0 spiro atoms. The van der Waals surface area contributed by atoms with E-state index in [2.05, 4.69) is 9.88 Å². The number of amides is 2. The summed E-state index contributed by atoms with van der Waals surface area (Å²) in [5, 5.41) is 6.87. The third-order valence-corrected chi connectivity index (χ3v) is 7.01. The summed E-state index contributed by atoms with van der Waals surface area (Å²) < 4.78 is 2.21. The summed E-state index contributed by atoms with van der Waals surface area (Å²) >= 11 is 1.52. The molecule has 0 saturated carbocycles. The number of carbonyl (C=O) groups excluding carboxylic acids is 2. The zero-order chi connectivity index (χ0) is 21.4.